The lowest BCUT2D eigenvalue weighted by atomic mass is 9.93. The maximum absolute atomic E-state index is 13.2. The van der Waals surface area contributed by atoms with Gasteiger partial charge in [0.2, 0.25) is 5.91 Å². The van der Waals surface area contributed by atoms with Gasteiger partial charge in [0.1, 0.15) is 6.04 Å². The van der Waals surface area contributed by atoms with Crippen LogP contribution in [0.15, 0.2) is 42.5 Å². The van der Waals surface area contributed by atoms with Crippen molar-refractivity contribution < 1.29 is 14.3 Å². The quantitative estimate of drug-likeness (QED) is 0.724. The average molecular weight is 457 g/mol. The van der Waals surface area contributed by atoms with Gasteiger partial charge < -0.3 is 20.3 Å². The summed E-state index contributed by atoms with van der Waals surface area (Å²) in [7, 11) is 3.72. The monoisotopic (exact) mass is 456 g/mol. The summed E-state index contributed by atoms with van der Waals surface area (Å²) in [6.07, 6.45) is 1.20. The predicted octanol–water partition coefficient (Wildman–Crippen LogP) is 4.15. The molecule has 32 heavy (non-hydrogen) atoms. The van der Waals surface area contributed by atoms with E-state index >= 15 is 0 Å². The molecule has 4 rings (SSSR count). The second kappa shape index (κ2) is 9.48. The summed E-state index contributed by atoms with van der Waals surface area (Å²) in [5.41, 5.74) is 3.92. The maximum Gasteiger partial charge on any atom is 0.322 e. The van der Waals surface area contributed by atoms with Crippen molar-refractivity contribution in [1.29, 1.82) is 0 Å². The number of benzene rings is 2. The van der Waals surface area contributed by atoms with Crippen LogP contribution in [0.1, 0.15) is 30.5 Å². The Bertz CT molecular complexity index is 997. The molecular weight excluding hydrogens is 428 g/mol. The number of halogens is 1. The standard InChI is InChI=1S/C24H29ClN4O3/c1-15-21-9-8-19(12-16(21)10-11-28(15)2)26-23(30)22-13-20(32-3)14-29(22)24(31)27-18-6-4-17(25)5-7-18/h4-9,12,15,20,22H,10-11,13-14H2,1-3H3,(H,26,30)(H,27,31)/t15?,20-,22-/m1/s1. The number of carbonyl (C=O) groups is 2. The Morgan fingerprint density at radius 2 is 1.81 bits per heavy atom. The fourth-order valence-electron chi connectivity index (χ4n) is 4.43. The molecule has 0 saturated carbocycles. The van der Waals surface area contributed by atoms with Crippen molar-refractivity contribution in [2.45, 2.75) is 38.0 Å². The number of hydrogen-bond acceptors (Lipinski definition) is 4. The SMILES string of the molecule is CO[C@@H]1C[C@H](C(=O)Nc2ccc3c(c2)CCN(C)C3C)N(C(=O)Nc2ccc(Cl)cc2)C1. The van der Waals surface area contributed by atoms with Gasteiger partial charge in [0.15, 0.2) is 0 Å². The van der Waals surface area contributed by atoms with E-state index in [4.69, 9.17) is 16.3 Å². The van der Waals surface area contributed by atoms with Crippen molar-refractivity contribution >= 4 is 34.9 Å². The largest absolute Gasteiger partial charge is 0.380 e. The third-order valence-electron chi connectivity index (χ3n) is 6.51. The lowest BCUT2D eigenvalue weighted by Crippen LogP contribution is -2.45. The van der Waals surface area contributed by atoms with Crippen molar-refractivity contribution in [3.8, 4) is 0 Å². The van der Waals surface area contributed by atoms with Crippen LogP contribution in [-0.2, 0) is 16.0 Å². The number of ether oxygens (including phenoxy) is 1. The zero-order valence-electron chi connectivity index (χ0n) is 18.6. The molecule has 0 bridgehead atoms. The first kappa shape index (κ1) is 22.6. The molecule has 1 unspecified atom stereocenters. The highest BCUT2D eigenvalue weighted by molar-refractivity contribution is 6.30. The second-order valence-corrected chi connectivity index (χ2v) is 8.94. The smallest absolute Gasteiger partial charge is 0.322 e. The molecule has 2 aliphatic heterocycles. The lowest BCUT2D eigenvalue weighted by molar-refractivity contribution is -0.119. The van der Waals surface area contributed by atoms with Gasteiger partial charge in [-0.2, -0.15) is 0 Å². The Morgan fingerprint density at radius 1 is 1.09 bits per heavy atom. The molecule has 0 aromatic heterocycles. The van der Waals surface area contributed by atoms with Gasteiger partial charge >= 0.3 is 6.03 Å². The van der Waals surface area contributed by atoms with Gasteiger partial charge in [-0.15, -0.1) is 0 Å². The van der Waals surface area contributed by atoms with E-state index in [1.54, 1.807) is 31.4 Å². The summed E-state index contributed by atoms with van der Waals surface area (Å²) in [4.78, 5) is 29.9. The summed E-state index contributed by atoms with van der Waals surface area (Å²) in [5, 5.41) is 6.45. The molecule has 7 nitrogen and oxygen atoms in total. The summed E-state index contributed by atoms with van der Waals surface area (Å²) >= 11 is 5.92. The summed E-state index contributed by atoms with van der Waals surface area (Å²) in [6, 6.07) is 12.3. The van der Waals surface area contributed by atoms with Crippen LogP contribution in [-0.4, -0.2) is 61.1 Å². The Kier molecular flexibility index (Phi) is 6.69. The summed E-state index contributed by atoms with van der Waals surface area (Å²) in [5.74, 6) is -0.211. The first-order valence-corrected chi connectivity index (χ1v) is 11.2. The molecule has 0 spiro atoms. The Morgan fingerprint density at radius 3 is 2.53 bits per heavy atom. The van der Waals surface area contributed by atoms with E-state index in [0.717, 1.165) is 18.7 Å². The number of urea groups is 1. The molecule has 3 amide bonds. The average Bonchev–Trinajstić information content (AvgIpc) is 3.23. The molecule has 2 N–H and O–H groups in total. The van der Waals surface area contributed by atoms with Crippen LogP contribution in [0.25, 0.3) is 0 Å². The van der Waals surface area contributed by atoms with Crippen LogP contribution >= 0.6 is 11.6 Å². The van der Waals surface area contributed by atoms with Gasteiger partial charge in [-0.1, -0.05) is 17.7 Å². The number of nitrogens with one attached hydrogen (secondary N) is 2. The molecule has 1 saturated heterocycles. The Balaban J connectivity index is 1.47. The second-order valence-electron chi connectivity index (χ2n) is 8.51. The van der Waals surface area contributed by atoms with Gasteiger partial charge in [-0.05, 0) is 67.9 Å². The molecule has 2 aromatic rings. The first-order chi connectivity index (χ1) is 15.4. The van der Waals surface area contributed by atoms with Crippen LogP contribution in [0.2, 0.25) is 5.02 Å². The highest BCUT2D eigenvalue weighted by Crippen LogP contribution is 2.30. The van der Waals surface area contributed by atoms with E-state index in [-0.39, 0.29) is 18.0 Å². The molecule has 3 atom stereocenters. The minimum atomic E-state index is -0.617. The number of anilines is 2. The fourth-order valence-corrected chi connectivity index (χ4v) is 4.56. The molecule has 170 valence electrons. The van der Waals surface area contributed by atoms with E-state index in [1.807, 2.05) is 6.07 Å². The lowest BCUT2D eigenvalue weighted by Gasteiger charge is -2.32. The number of nitrogens with zero attached hydrogens (tertiary/aromatic N) is 2. The fraction of sp³-hybridized carbons (Fsp3) is 0.417. The molecule has 1 fully saturated rings. The molecule has 2 aromatic carbocycles. The van der Waals surface area contributed by atoms with Crippen LogP contribution in [0, 0.1) is 0 Å². The minimum Gasteiger partial charge on any atom is -0.380 e. The highest BCUT2D eigenvalue weighted by atomic mass is 35.5. The topological polar surface area (TPSA) is 73.9 Å². The number of likely N-dealkylation sites (tertiary alicyclic amines) is 1. The van der Waals surface area contributed by atoms with E-state index in [1.165, 1.54) is 16.0 Å². The first-order valence-electron chi connectivity index (χ1n) is 10.9. The van der Waals surface area contributed by atoms with Gasteiger partial charge in [0, 0.05) is 49.1 Å². The number of fused-ring (bicyclic) bond motifs is 1. The zero-order chi connectivity index (χ0) is 22.8. The van der Waals surface area contributed by atoms with E-state index in [9.17, 15) is 9.59 Å². The Hall–Kier alpha value is -2.61. The normalized spacial score (nSPS) is 23.0. The summed E-state index contributed by atoms with van der Waals surface area (Å²) < 4.78 is 5.46. The van der Waals surface area contributed by atoms with Gasteiger partial charge in [0.25, 0.3) is 0 Å². The molecular formula is C24H29ClN4O3. The number of likely N-dealkylation sites (N-methyl/N-ethyl adjacent to an activating group) is 1. The van der Waals surface area contributed by atoms with Crippen LogP contribution in [0.4, 0.5) is 16.2 Å². The molecule has 2 aliphatic rings. The molecule has 0 aliphatic carbocycles. The third-order valence-corrected chi connectivity index (χ3v) is 6.76. The minimum absolute atomic E-state index is 0.193. The zero-order valence-corrected chi connectivity index (χ0v) is 19.4. The molecule has 2 heterocycles. The van der Waals surface area contributed by atoms with E-state index < -0.39 is 6.04 Å². The predicted molar refractivity (Wildman–Crippen MR) is 126 cm³/mol. The number of hydrogen-bond donors (Lipinski definition) is 2. The van der Waals surface area contributed by atoms with E-state index in [0.29, 0.717) is 29.7 Å². The van der Waals surface area contributed by atoms with Crippen LogP contribution in [0.3, 0.4) is 0 Å². The maximum atomic E-state index is 13.2. The van der Waals surface area contributed by atoms with Gasteiger partial charge in [0.05, 0.1) is 6.10 Å². The highest BCUT2D eigenvalue weighted by Gasteiger charge is 2.40. The molecule has 8 heteroatoms. The number of rotatable bonds is 4. The van der Waals surface area contributed by atoms with Crippen LogP contribution < -0.4 is 10.6 Å². The van der Waals surface area contributed by atoms with E-state index in [2.05, 4.69) is 41.6 Å². The third kappa shape index (κ3) is 4.75. The van der Waals surface area contributed by atoms with Gasteiger partial charge in [-0.3, -0.25) is 9.69 Å². The molecule has 0 radical (unpaired) electrons. The summed E-state index contributed by atoms with van der Waals surface area (Å²) in [6.45, 7) is 3.53. The van der Waals surface area contributed by atoms with Crippen molar-refractivity contribution in [1.82, 2.24) is 9.80 Å². The van der Waals surface area contributed by atoms with Crippen LogP contribution in [0.5, 0.6) is 0 Å². The van der Waals surface area contributed by atoms with Crippen molar-refractivity contribution in [2.24, 2.45) is 0 Å². The number of methoxy groups -OCH3 is 1. The Labute approximate surface area is 193 Å². The number of carbonyl (C=O) groups excluding carboxylic acids is 2. The van der Waals surface area contributed by atoms with Gasteiger partial charge in [-0.25, -0.2) is 4.79 Å². The van der Waals surface area contributed by atoms with Crippen molar-refractivity contribution in [3.63, 3.8) is 0 Å². The number of amides is 3. The van der Waals surface area contributed by atoms with Crippen molar-refractivity contribution in [3.05, 3.63) is 58.6 Å². The van der Waals surface area contributed by atoms with Crippen molar-refractivity contribution in [2.75, 3.05) is 37.9 Å².